The third-order valence-electron chi connectivity index (χ3n) is 4.06. The van der Waals surface area contributed by atoms with E-state index in [0.29, 0.717) is 18.3 Å². The summed E-state index contributed by atoms with van der Waals surface area (Å²) in [6, 6.07) is 6.73. The minimum atomic E-state index is -0.205. The van der Waals surface area contributed by atoms with Gasteiger partial charge in [-0.15, -0.1) is 0 Å². The van der Waals surface area contributed by atoms with Crippen LogP contribution in [0.25, 0.3) is 0 Å². The normalized spacial score (nSPS) is 21.6. The Bertz CT molecular complexity index is 446. The van der Waals surface area contributed by atoms with E-state index in [0.717, 1.165) is 38.0 Å². The van der Waals surface area contributed by atoms with Gasteiger partial charge >= 0.3 is 0 Å². The van der Waals surface area contributed by atoms with Gasteiger partial charge in [0.25, 0.3) is 0 Å². The van der Waals surface area contributed by atoms with Crippen LogP contribution in [0.1, 0.15) is 37.7 Å². The highest BCUT2D eigenvalue weighted by atomic mass is 19.1. The predicted molar refractivity (Wildman–Crippen MR) is 77.8 cm³/mol. The molecule has 1 aliphatic heterocycles. The van der Waals surface area contributed by atoms with Gasteiger partial charge in [-0.25, -0.2) is 4.39 Å². The van der Waals surface area contributed by atoms with E-state index in [1.54, 1.807) is 0 Å². The lowest BCUT2D eigenvalue weighted by Crippen LogP contribution is -2.38. The molecule has 2 atom stereocenters. The Morgan fingerprint density at radius 2 is 2.15 bits per heavy atom. The van der Waals surface area contributed by atoms with Gasteiger partial charge in [-0.3, -0.25) is 4.79 Å². The Labute approximate surface area is 120 Å². The molecule has 2 N–H and O–H groups in total. The number of carbonyl (C=O) groups is 1. The zero-order valence-electron chi connectivity index (χ0n) is 12.0. The first-order chi connectivity index (χ1) is 9.54. The summed E-state index contributed by atoms with van der Waals surface area (Å²) in [5, 5.41) is 0. The summed E-state index contributed by atoms with van der Waals surface area (Å²) in [4.78, 5) is 13.4. The van der Waals surface area contributed by atoms with Crippen LogP contribution in [-0.4, -0.2) is 30.4 Å². The molecule has 3 nitrogen and oxygen atoms in total. The maximum atomic E-state index is 12.9. The maximum Gasteiger partial charge on any atom is 0.217 e. The Hall–Kier alpha value is -1.42. The van der Waals surface area contributed by atoms with Crippen molar-refractivity contribution in [1.82, 2.24) is 4.90 Å². The van der Waals surface area contributed by atoms with E-state index in [4.69, 9.17) is 5.73 Å². The Kier molecular flexibility index (Phi) is 5.12. The van der Waals surface area contributed by atoms with Gasteiger partial charge in [0, 0.05) is 19.5 Å². The molecule has 0 radical (unpaired) electrons. The SMILES string of the molecule is C[C@H](CN1CCC[C@@H](CC(N)=O)C1)c1ccc(F)cc1. The predicted octanol–water partition coefficient (Wildman–Crippen LogP) is 2.52. The molecule has 1 aromatic rings. The molecular weight excluding hydrogens is 255 g/mol. The molecule has 0 aliphatic carbocycles. The van der Waals surface area contributed by atoms with Crippen molar-refractivity contribution < 1.29 is 9.18 Å². The number of piperidine rings is 1. The number of halogens is 1. The molecule has 110 valence electrons. The van der Waals surface area contributed by atoms with E-state index in [2.05, 4.69) is 11.8 Å². The van der Waals surface area contributed by atoms with Crippen molar-refractivity contribution in [3.8, 4) is 0 Å². The lowest BCUT2D eigenvalue weighted by Gasteiger charge is -2.34. The fourth-order valence-corrected chi connectivity index (χ4v) is 3.05. The van der Waals surface area contributed by atoms with Crippen molar-refractivity contribution in [1.29, 1.82) is 0 Å². The lowest BCUT2D eigenvalue weighted by molar-refractivity contribution is -0.119. The highest BCUT2D eigenvalue weighted by Crippen LogP contribution is 2.23. The van der Waals surface area contributed by atoms with Gasteiger partial charge in [-0.05, 0) is 48.9 Å². The molecule has 0 unspecified atom stereocenters. The zero-order chi connectivity index (χ0) is 14.5. The van der Waals surface area contributed by atoms with Crippen molar-refractivity contribution in [3.63, 3.8) is 0 Å². The van der Waals surface area contributed by atoms with Gasteiger partial charge in [-0.1, -0.05) is 19.1 Å². The lowest BCUT2D eigenvalue weighted by atomic mass is 9.93. The molecule has 20 heavy (non-hydrogen) atoms. The number of hydrogen-bond donors (Lipinski definition) is 1. The smallest absolute Gasteiger partial charge is 0.217 e. The third kappa shape index (κ3) is 4.30. The van der Waals surface area contributed by atoms with E-state index >= 15 is 0 Å². The standard InChI is InChI=1S/C16H23FN2O/c1-12(14-4-6-15(17)7-5-14)10-19-8-2-3-13(11-19)9-16(18)20/h4-7,12-13H,2-3,8-11H2,1H3,(H2,18,20)/t12-,13+/m1/s1. The average Bonchev–Trinajstić information content (AvgIpc) is 2.39. The summed E-state index contributed by atoms with van der Waals surface area (Å²) in [5.74, 6) is 0.355. The van der Waals surface area contributed by atoms with Crippen molar-refractivity contribution in [3.05, 3.63) is 35.6 Å². The summed E-state index contributed by atoms with van der Waals surface area (Å²) in [5.41, 5.74) is 6.44. The van der Waals surface area contributed by atoms with Crippen molar-refractivity contribution in [2.24, 2.45) is 11.7 Å². The number of rotatable bonds is 5. The molecular formula is C16H23FN2O. The summed E-state index contributed by atoms with van der Waals surface area (Å²) >= 11 is 0. The number of carbonyl (C=O) groups excluding carboxylic acids is 1. The molecule has 4 heteroatoms. The highest BCUT2D eigenvalue weighted by molar-refractivity contribution is 5.74. The van der Waals surface area contributed by atoms with E-state index in [9.17, 15) is 9.18 Å². The number of benzene rings is 1. The van der Waals surface area contributed by atoms with Gasteiger partial charge in [0.05, 0.1) is 0 Å². The molecule has 1 amide bonds. The monoisotopic (exact) mass is 278 g/mol. The number of nitrogens with two attached hydrogens (primary N) is 1. The molecule has 1 fully saturated rings. The minimum absolute atomic E-state index is 0.194. The summed E-state index contributed by atoms with van der Waals surface area (Å²) in [7, 11) is 0. The van der Waals surface area contributed by atoms with Crippen LogP contribution in [0.5, 0.6) is 0 Å². The largest absolute Gasteiger partial charge is 0.370 e. The second kappa shape index (κ2) is 6.84. The quantitative estimate of drug-likeness (QED) is 0.899. The van der Waals surface area contributed by atoms with Gasteiger partial charge in [0.15, 0.2) is 0 Å². The summed E-state index contributed by atoms with van der Waals surface area (Å²) in [6.45, 7) is 5.11. The van der Waals surface area contributed by atoms with Crippen LogP contribution < -0.4 is 5.73 Å². The molecule has 0 saturated carbocycles. The second-order valence-electron chi connectivity index (χ2n) is 5.89. The average molecular weight is 278 g/mol. The highest BCUT2D eigenvalue weighted by Gasteiger charge is 2.22. The van der Waals surface area contributed by atoms with Gasteiger partial charge in [0.2, 0.25) is 5.91 Å². The van der Waals surface area contributed by atoms with Crippen LogP contribution in [0.3, 0.4) is 0 Å². The fourth-order valence-electron chi connectivity index (χ4n) is 3.05. The van der Waals surface area contributed by atoms with Gasteiger partial charge < -0.3 is 10.6 Å². The van der Waals surface area contributed by atoms with Crippen molar-refractivity contribution in [2.45, 2.75) is 32.1 Å². The number of primary amides is 1. The van der Waals surface area contributed by atoms with Crippen LogP contribution in [0, 0.1) is 11.7 Å². The first-order valence-electron chi connectivity index (χ1n) is 7.30. The maximum absolute atomic E-state index is 12.9. The van der Waals surface area contributed by atoms with Crippen LogP contribution in [0.2, 0.25) is 0 Å². The first-order valence-corrected chi connectivity index (χ1v) is 7.30. The Balaban J connectivity index is 1.88. The number of amides is 1. The molecule has 2 rings (SSSR count). The number of hydrogen-bond acceptors (Lipinski definition) is 2. The number of likely N-dealkylation sites (tertiary alicyclic amines) is 1. The molecule has 0 spiro atoms. The van der Waals surface area contributed by atoms with E-state index in [-0.39, 0.29) is 11.7 Å². The Morgan fingerprint density at radius 1 is 1.45 bits per heavy atom. The van der Waals surface area contributed by atoms with E-state index in [1.807, 2.05) is 12.1 Å². The third-order valence-corrected chi connectivity index (χ3v) is 4.06. The first kappa shape index (κ1) is 15.0. The van der Waals surface area contributed by atoms with Crippen molar-refractivity contribution >= 4 is 5.91 Å². The number of nitrogens with zero attached hydrogens (tertiary/aromatic N) is 1. The minimum Gasteiger partial charge on any atom is -0.370 e. The van der Waals surface area contributed by atoms with E-state index < -0.39 is 0 Å². The van der Waals surface area contributed by atoms with Gasteiger partial charge in [-0.2, -0.15) is 0 Å². The fraction of sp³-hybridized carbons (Fsp3) is 0.562. The molecule has 1 aliphatic rings. The molecule has 0 bridgehead atoms. The zero-order valence-corrected chi connectivity index (χ0v) is 12.0. The van der Waals surface area contributed by atoms with Gasteiger partial charge in [0.1, 0.15) is 5.82 Å². The van der Waals surface area contributed by atoms with Crippen LogP contribution in [0.4, 0.5) is 4.39 Å². The molecule has 1 heterocycles. The molecule has 0 aromatic heterocycles. The van der Waals surface area contributed by atoms with Crippen molar-refractivity contribution in [2.75, 3.05) is 19.6 Å². The second-order valence-corrected chi connectivity index (χ2v) is 5.89. The molecule has 1 aromatic carbocycles. The summed E-state index contributed by atoms with van der Waals surface area (Å²) in [6.07, 6.45) is 2.69. The van der Waals surface area contributed by atoms with Crippen LogP contribution >= 0.6 is 0 Å². The molecule has 1 saturated heterocycles. The van der Waals surface area contributed by atoms with Crippen LogP contribution in [-0.2, 0) is 4.79 Å². The van der Waals surface area contributed by atoms with E-state index in [1.165, 1.54) is 12.1 Å². The summed E-state index contributed by atoms with van der Waals surface area (Å²) < 4.78 is 12.9. The van der Waals surface area contributed by atoms with Crippen LogP contribution in [0.15, 0.2) is 24.3 Å². The topological polar surface area (TPSA) is 46.3 Å². The Morgan fingerprint density at radius 3 is 2.80 bits per heavy atom.